The Balaban J connectivity index is 2.62. The van der Waals surface area contributed by atoms with Crippen molar-refractivity contribution in [3.63, 3.8) is 0 Å². The van der Waals surface area contributed by atoms with E-state index in [1.807, 2.05) is 0 Å². The second kappa shape index (κ2) is 7.24. The van der Waals surface area contributed by atoms with E-state index >= 15 is 0 Å². The third kappa shape index (κ3) is 3.44. The molecule has 1 saturated carbocycles. The summed E-state index contributed by atoms with van der Waals surface area (Å²) in [5, 5.41) is 22.5. The summed E-state index contributed by atoms with van der Waals surface area (Å²) in [6, 6.07) is 1.97. The van der Waals surface area contributed by atoms with E-state index < -0.39 is 27.2 Å². The van der Waals surface area contributed by atoms with Crippen LogP contribution in [0.15, 0.2) is 12.1 Å². The Hall–Kier alpha value is -2.71. The molecule has 1 fully saturated rings. The molecule has 0 radical (unpaired) electrons. The van der Waals surface area contributed by atoms with Crippen LogP contribution in [0.3, 0.4) is 0 Å². The van der Waals surface area contributed by atoms with Gasteiger partial charge in [0.05, 0.1) is 28.6 Å². The van der Waals surface area contributed by atoms with Crippen LogP contribution < -0.4 is 4.90 Å². The maximum Gasteiger partial charge on any atom is 0.340 e. The third-order valence-corrected chi connectivity index (χ3v) is 4.36. The van der Waals surface area contributed by atoms with E-state index in [1.165, 1.54) is 0 Å². The first-order chi connectivity index (χ1) is 11.4. The summed E-state index contributed by atoms with van der Waals surface area (Å²) in [4.78, 5) is 34.8. The topological polar surface area (TPSA) is 116 Å². The molecule has 0 spiro atoms. The molecule has 1 aromatic rings. The van der Waals surface area contributed by atoms with Gasteiger partial charge < -0.3 is 9.64 Å². The van der Waals surface area contributed by atoms with Crippen molar-refractivity contribution < 1.29 is 19.4 Å². The predicted octanol–water partition coefficient (Wildman–Crippen LogP) is 3.06. The first kappa shape index (κ1) is 17.6. The number of benzene rings is 1. The predicted molar refractivity (Wildman–Crippen MR) is 86.4 cm³/mol. The highest BCUT2D eigenvalue weighted by molar-refractivity contribution is 5.99. The Morgan fingerprint density at radius 2 is 1.79 bits per heavy atom. The zero-order valence-corrected chi connectivity index (χ0v) is 13.6. The van der Waals surface area contributed by atoms with Gasteiger partial charge in [-0.1, -0.05) is 19.3 Å². The monoisotopic (exact) mass is 337 g/mol. The van der Waals surface area contributed by atoms with Crippen LogP contribution in [0.1, 0.15) is 42.5 Å². The highest BCUT2D eigenvalue weighted by atomic mass is 16.6. The number of carbonyl (C=O) groups is 1. The summed E-state index contributed by atoms with van der Waals surface area (Å²) in [5.74, 6) is -0.834. The van der Waals surface area contributed by atoms with Crippen molar-refractivity contribution in [3.8, 4) is 0 Å². The van der Waals surface area contributed by atoms with Gasteiger partial charge in [0, 0.05) is 19.2 Å². The maximum absolute atomic E-state index is 12.1. The van der Waals surface area contributed by atoms with Crippen LogP contribution in [0, 0.1) is 20.2 Å². The average Bonchev–Trinajstić information content (AvgIpc) is 2.59. The van der Waals surface area contributed by atoms with Crippen molar-refractivity contribution in [2.75, 3.05) is 19.1 Å². The molecular weight excluding hydrogens is 318 g/mol. The van der Waals surface area contributed by atoms with Crippen LogP contribution in [-0.4, -0.2) is 36.0 Å². The van der Waals surface area contributed by atoms with Gasteiger partial charge in [0.2, 0.25) is 0 Å². The lowest BCUT2D eigenvalue weighted by atomic mass is 9.93. The Bertz CT molecular complexity index is 669. The molecule has 1 aromatic carbocycles. The van der Waals surface area contributed by atoms with E-state index in [-0.39, 0.29) is 17.3 Å². The van der Waals surface area contributed by atoms with Gasteiger partial charge in [-0.15, -0.1) is 0 Å². The van der Waals surface area contributed by atoms with Crippen molar-refractivity contribution in [2.24, 2.45) is 0 Å². The number of nitro benzene ring substituents is 2. The van der Waals surface area contributed by atoms with Crippen molar-refractivity contribution in [1.82, 2.24) is 0 Å². The zero-order valence-electron chi connectivity index (χ0n) is 13.6. The van der Waals surface area contributed by atoms with Gasteiger partial charge in [-0.05, 0) is 12.8 Å². The molecule has 1 aliphatic rings. The number of nitrogens with zero attached hydrogens (tertiary/aromatic N) is 3. The summed E-state index contributed by atoms with van der Waals surface area (Å²) in [6.45, 7) is 0. The number of anilines is 1. The molecule has 9 nitrogen and oxygen atoms in total. The van der Waals surface area contributed by atoms with Crippen molar-refractivity contribution >= 4 is 23.0 Å². The second-order valence-electron chi connectivity index (χ2n) is 5.77. The largest absolute Gasteiger partial charge is 0.465 e. The summed E-state index contributed by atoms with van der Waals surface area (Å²) in [5.41, 5.74) is -1.06. The second-order valence-corrected chi connectivity index (χ2v) is 5.77. The van der Waals surface area contributed by atoms with Gasteiger partial charge >= 0.3 is 5.97 Å². The number of esters is 1. The van der Waals surface area contributed by atoms with Gasteiger partial charge in [-0.25, -0.2) is 4.79 Å². The fourth-order valence-electron chi connectivity index (χ4n) is 3.14. The van der Waals surface area contributed by atoms with E-state index in [0.717, 1.165) is 51.3 Å². The van der Waals surface area contributed by atoms with Crippen molar-refractivity contribution in [3.05, 3.63) is 37.9 Å². The molecule has 0 amide bonds. The molecular formula is C15H19N3O6. The lowest BCUT2D eigenvalue weighted by Gasteiger charge is -2.33. The number of nitro groups is 2. The number of hydrogen-bond acceptors (Lipinski definition) is 7. The standard InChI is InChI=1S/C15H19N3O6/c1-16(10-6-4-3-5-7-10)14-12(15(19)24-2)8-11(17(20)21)9-13(14)18(22)23/h8-10H,3-7H2,1-2H3. The van der Waals surface area contributed by atoms with Crippen LogP contribution in [0.2, 0.25) is 0 Å². The Kier molecular flexibility index (Phi) is 5.32. The van der Waals surface area contributed by atoms with Crippen molar-refractivity contribution in [2.45, 2.75) is 38.1 Å². The molecule has 0 saturated heterocycles. The van der Waals surface area contributed by atoms with Crippen LogP contribution >= 0.6 is 0 Å². The first-order valence-corrected chi connectivity index (χ1v) is 7.64. The molecule has 9 heteroatoms. The SMILES string of the molecule is COC(=O)c1cc([N+](=O)[O-])cc([N+](=O)[O-])c1N(C)C1CCCCC1. The number of hydrogen-bond donors (Lipinski definition) is 0. The molecule has 0 aromatic heterocycles. The van der Waals surface area contributed by atoms with E-state index in [4.69, 9.17) is 0 Å². The smallest absolute Gasteiger partial charge is 0.340 e. The summed E-state index contributed by atoms with van der Waals surface area (Å²) in [6.07, 6.45) is 4.82. The molecule has 0 bridgehead atoms. The molecule has 0 unspecified atom stereocenters. The number of non-ortho nitro benzene ring substituents is 1. The summed E-state index contributed by atoms with van der Waals surface area (Å²) in [7, 11) is 2.81. The highest BCUT2D eigenvalue weighted by Gasteiger charge is 2.33. The highest BCUT2D eigenvalue weighted by Crippen LogP contribution is 2.38. The quantitative estimate of drug-likeness (QED) is 0.460. The molecule has 0 N–H and O–H groups in total. The Morgan fingerprint density at radius 3 is 2.29 bits per heavy atom. The normalized spacial score (nSPS) is 14.9. The minimum absolute atomic E-state index is 0.0438. The Labute approximate surface area is 138 Å². The van der Waals surface area contributed by atoms with Crippen LogP contribution in [0.4, 0.5) is 17.1 Å². The average molecular weight is 337 g/mol. The molecule has 1 aliphatic carbocycles. The van der Waals surface area contributed by atoms with Gasteiger partial charge in [-0.3, -0.25) is 20.2 Å². The van der Waals surface area contributed by atoms with E-state index in [2.05, 4.69) is 4.74 Å². The van der Waals surface area contributed by atoms with Crippen LogP contribution in [0.25, 0.3) is 0 Å². The fraction of sp³-hybridized carbons (Fsp3) is 0.533. The maximum atomic E-state index is 12.1. The molecule has 0 aliphatic heterocycles. The van der Waals surface area contributed by atoms with Gasteiger partial charge in [0.1, 0.15) is 5.69 Å². The minimum Gasteiger partial charge on any atom is -0.465 e. The van der Waals surface area contributed by atoms with Crippen LogP contribution in [-0.2, 0) is 4.74 Å². The minimum atomic E-state index is -0.834. The van der Waals surface area contributed by atoms with Gasteiger partial charge in [-0.2, -0.15) is 0 Å². The van der Waals surface area contributed by atoms with Gasteiger partial charge in [0.25, 0.3) is 11.4 Å². The van der Waals surface area contributed by atoms with Crippen LogP contribution in [0.5, 0.6) is 0 Å². The number of methoxy groups -OCH3 is 1. The van der Waals surface area contributed by atoms with E-state index in [1.54, 1.807) is 11.9 Å². The molecule has 130 valence electrons. The molecule has 24 heavy (non-hydrogen) atoms. The number of ether oxygens (including phenoxy) is 1. The lowest BCUT2D eigenvalue weighted by molar-refractivity contribution is -0.393. The molecule has 0 atom stereocenters. The number of carbonyl (C=O) groups excluding carboxylic acids is 1. The Morgan fingerprint density at radius 1 is 1.17 bits per heavy atom. The van der Waals surface area contributed by atoms with Gasteiger partial charge in [0.15, 0.2) is 0 Å². The fourth-order valence-corrected chi connectivity index (χ4v) is 3.14. The van der Waals surface area contributed by atoms with E-state index in [9.17, 15) is 25.0 Å². The number of rotatable bonds is 5. The summed E-state index contributed by atoms with van der Waals surface area (Å²) < 4.78 is 4.67. The summed E-state index contributed by atoms with van der Waals surface area (Å²) >= 11 is 0. The third-order valence-electron chi connectivity index (χ3n) is 4.36. The van der Waals surface area contributed by atoms with E-state index in [0.29, 0.717) is 0 Å². The zero-order chi connectivity index (χ0) is 17.9. The van der Waals surface area contributed by atoms with Crippen molar-refractivity contribution in [1.29, 1.82) is 0 Å². The molecule has 0 heterocycles. The first-order valence-electron chi connectivity index (χ1n) is 7.64. The lowest BCUT2D eigenvalue weighted by Crippen LogP contribution is -2.35. The molecule has 2 rings (SSSR count).